The third-order valence-electron chi connectivity index (χ3n) is 3.00. The molecule has 0 bridgehead atoms. The molecule has 21 heavy (non-hydrogen) atoms. The van der Waals surface area contributed by atoms with E-state index in [-0.39, 0.29) is 5.91 Å². The van der Waals surface area contributed by atoms with E-state index in [1.165, 1.54) is 0 Å². The van der Waals surface area contributed by atoms with Gasteiger partial charge in [-0.1, -0.05) is 6.07 Å². The van der Waals surface area contributed by atoms with E-state index in [1.54, 1.807) is 24.4 Å². The molecule has 0 saturated carbocycles. The highest BCUT2D eigenvalue weighted by atomic mass is 32.1. The second-order valence-electron chi connectivity index (χ2n) is 4.50. The molecule has 0 unspecified atom stereocenters. The van der Waals surface area contributed by atoms with Crippen molar-refractivity contribution in [1.82, 2.24) is 26.1 Å². The van der Waals surface area contributed by atoms with E-state index < -0.39 is 0 Å². The van der Waals surface area contributed by atoms with Crippen molar-refractivity contribution in [3.8, 4) is 0 Å². The number of nitrogens with zero attached hydrogens (tertiary/aromatic N) is 2. The summed E-state index contributed by atoms with van der Waals surface area (Å²) < 4.78 is 5.28. The van der Waals surface area contributed by atoms with Crippen LogP contribution in [-0.2, 0) is 4.74 Å². The number of rotatable bonds is 4. The number of hydrazine groups is 1. The van der Waals surface area contributed by atoms with E-state index >= 15 is 0 Å². The molecule has 3 N–H and O–H groups in total. The zero-order valence-corrected chi connectivity index (χ0v) is 12.5. The molecule has 1 saturated heterocycles. The van der Waals surface area contributed by atoms with Crippen molar-refractivity contribution in [1.29, 1.82) is 0 Å². The number of nitrogens with one attached hydrogen (secondary N) is 3. The Hall–Kier alpha value is -1.77. The Morgan fingerprint density at radius 1 is 1.33 bits per heavy atom. The van der Waals surface area contributed by atoms with Crippen molar-refractivity contribution in [2.24, 2.45) is 0 Å². The molecule has 8 heteroatoms. The summed E-state index contributed by atoms with van der Waals surface area (Å²) >= 11 is 5.09. The normalized spacial score (nSPS) is 15.2. The quantitative estimate of drug-likeness (QED) is 0.512. The Kier molecular flexibility index (Phi) is 6.32. The average Bonchev–Trinajstić information content (AvgIpc) is 2.54. The minimum atomic E-state index is -0.326. The van der Waals surface area contributed by atoms with Gasteiger partial charge in [0.2, 0.25) is 0 Å². The summed E-state index contributed by atoms with van der Waals surface area (Å²) in [6.07, 6.45) is 1.56. The summed E-state index contributed by atoms with van der Waals surface area (Å²) in [5, 5.41) is 3.42. The number of carbonyl (C=O) groups is 1. The maximum Gasteiger partial charge on any atom is 0.288 e. The lowest BCUT2D eigenvalue weighted by atomic mass is 10.3. The summed E-state index contributed by atoms with van der Waals surface area (Å²) in [6, 6.07) is 5.13. The maximum atomic E-state index is 11.7. The second kappa shape index (κ2) is 8.50. The van der Waals surface area contributed by atoms with Crippen LogP contribution in [-0.4, -0.2) is 60.3 Å². The predicted octanol–water partition coefficient (Wildman–Crippen LogP) is -0.477. The molecular weight excluding hydrogens is 290 g/mol. The number of pyridine rings is 1. The maximum absolute atomic E-state index is 11.7. The van der Waals surface area contributed by atoms with Crippen molar-refractivity contribution in [2.75, 3.05) is 39.4 Å². The number of hydrogen-bond donors (Lipinski definition) is 3. The SMILES string of the molecule is O=C(NNC(=S)NCCN1CCOCC1)c1ccccn1. The third kappa shape index (κ3) is 5.62. The van der Waals surface area contributed by atoms with Crippen molar-refractivity contribution in [3.63, 3.8) is 0 Å². The van der Waals surface area contributed by atoms with Crippen LogP contribution in [0.2, 0.25) is 0 Å². The monoisotopic (exact) mass is 309 g/mol. The van der Waals surface area contributed by atoms with Gasteiger partial charge in [0.1, 0.15) is 5.69 Å². The fourth-order valence-corrected chi connectivity index (χ4v) is 2.02. The van der Waals surface area contributed by atoms with E-state index in [1.807, 2.05) is 0 Å². The Morgan fingerprint density at radius 2 is 2.14 bits per heavy atom. The van der Waals surface area contributed by atoms with Gasteiger partial charge in [0.05, 0.1) is 13.2 Å². The molecule has 0 radical (unpaired) electrons. The highest BCUT2D eigenvalue weighted by molar-refractivity contribution is 7.80. The van der Waals surface area contributed by atoms with E-state index in [4.69, 9.17) is 17.0 Å². The molecule has 0 aromatic carbocycles. The number of morpholine rings is 1. The van der Waals surface area contributed by atoms with Gasteiger partial charge in [-0.15, -0.1) is 0 Å². The number of amides is 1. The van der Waals surface area contributed by atoms with Crippen LogP contribution < -0.4 is 16.2 Å². The smallest absolute Gasteiger partial charge is 0.288 e. The Balaban J connectivity index is 1.60. The molecular formula is C13H19N5O2S. The Morgan fingerprint density at radius 3 is 2.86 bits per heavy atom. The first-order chi connectivity index (χ1) is 10.3. The number of thiocarbonyl (C=S) groups is 1. The Labute approximate surface area is 129 Å². The molecule has 114 valence electrons. The molecule has 2 rings (SSSR count). The Bertz CT molecular complexity index is 465. The first-order valence-electron chi connectivity index (χ1n) is 6.81. The minimum absolute atomic E-state index is 0.326. The van der Waals surface area contributed by atoms with Crippen LogP contribution >= 0.6 is 12.2 Å². The molecule has 1 aliphatic heterocycles. The van der Waals surface area contributed by atoms with Gasteiger partial charge in [0, 0.05) is 32.4 Å². The van der Waals surface area contributed by atoms with Gasteiger partial charge in [-0.3, -0.25) is 25.5 Å². The van der Waals surface area contributed by atoms with Crippen LogP contribution in [0.15, 0.2) is 24.4 Å². The van der Waals surface area contributed by atoms with Crippen LogP contribution in [0.25, 0.3) is 0 Å². The molecule has 0 atom stereocenters. The van der Waals surface area contributed by atoms with Gasteiger partial charge >= 0.3 is 0 Å². The van der Waals surface area contributed by atoms with E-state index in [9.17, 15) is 4.79 Å². The van der Waals surface area contributed by atoms with Crippen LogP contribution in [0.4, 0.5) is 0 Å². The fraction of sp³-hybridized carbons (Fsp3) is 0.462. The molecule has 1 aliphatic rings. The van der Waals surface area contributed by atoms with Gasteiger partial charge in [-0.05, 0) is 24.4 Å². The predicted molar refractivity (Wildman–Crippen MR) is 82.7 cm³/mol. The highest BCUT2D eigenvalue weighted by Crippen LogP contribution is 1.94. The first kappa shape index (κ1) is 15.6. The average molecular weight is 309 g/mol. The number of aromatic nitrogens is 1. The van der Waals surface area contributed by atoms with Crippen LogP contribution in [0.1, 0.15) is 10.5 Å². The summed E-state index contributed by atoms with van der Waals surface area (Å²) in [5.74, 6) is -0.326. The summed E-state index contributed by atoms with van der Waals surface area (Å²) in [6.45, 7) is 5.05. The zero-order valence-electron chi connectivity index (χ0n) is 11.7. The number of hydrogen-bond acceptors (Lipinski definition) is 5. The van der Waals surface area contributed by atoms with Crippen molar-refractivity contribution >= 4 is 23.2 Å². The van der Waals surface area contributed by atoms with Crippen molar-refractivity contribution in [2.45, 2.75) is 0 Å². The van der Waals surface area contributed by atoms with Crippen LogP contribution in [0.3, 0.4) is 0 Å². The minimum Gasteiger partial charge on any atom is -0.379 e. The molecule has 0 spiro atoms. The topological polar surface area (TPSA) is 78.5 Å². The number of ether oxygens (including phenoxy) is 1. The van der Waals surface area contributed by atoms with Gasteiger partial charge in [-0.25, -0.2) is 0 Å². The van der Waals surface area contributed by atoms with Gasteiger partial charge in [0.25, 0.3) is 5.91 Å². The van der Waals surface area contributed by atoms with Crippen molar-refractivity contribution in [3.05, 3.63) is 30.1 Å². The van der Waals surface area contributed by atoms with Crippen LogP contribution in [0, 0.1) is 0 Å². The summed E-state index contributed by atoms with van der Waals surface area (Å²) in [4.78, 5) is 18.0. The van der Waals surface area contributed by atoms with Gasteiger partial charge in [0.15, 0.2) is 5.11 Å². The molecule has 1 aromatic rings. The molecule has 2 heterocycles. The standard InChI is InChI=1S/C13H19N5O2S/c19-12(11-3-1-2-4-14-11)16-17-13(21)15-5-6-18-7-9-20-10-8-18/h1-4H,5-10H2,(H,16,19)(H2,15,17,21). The lowest BCUT2D eigenvalue weighted by Gasteiger charge is -2.26. The first-order valence-corrected chi connectivity index (χ1v) is 7.22. The zero-order chi connectivity index (χ0) is 14.9. The van der Waals surface area contributed by atoms with Gasteiger partial charge < -0.3 is 10.1 Å². The molecule has 1 aromatic heterocycles. The lowest BCUT2D eigenvalue weighted by molar-refractivity contribution is 0.0389. The fourth-order valence-electron chi connectivity index (χ4n) is 1.87. The van der Waals surface area contributed by atoms with E-state index in [0.29, 0.717) is 17.4 Å². The van der Waals surface area contributed by atoms with E-state index in [0.717, 1.165) is 32.8 Å². The molecule has 7 nitrogen and oxygen atoms in total. The second-order valence-corrected chi connectivity index (χ2v) is 4.91. The lowest BCUT2D eigenvalue weighted by Crippen LogP contribution is -2.49. The largest absolute Gasteiger partial charge is 0.379 e. The highest BCUT2D eigenvalue weighted by Gasteiger charge is 2.10. The van der Waals surface area contributed by atoms with Gasteiger partial charge in [-0.2, -0.15) is 0 Å². The van der Waals surface area contributed by atoms with Crippen LogP contribution in [0.5, 0.6) is 0 Å². The molecule has 1 amide bonds. The molecule has 0 aliphatic carbocycles. The summed E-state index contributed by atoms with van der Waals surface area (Å²) in [7, 11) is 0. The third-order valence-corrected chi connectivity index (χ3v) is 3.25. The summed E-state index contributed by atoms with van der Waals surface area (Å²) in [5.41, 5.74) is 5.49. The van der Waals surface area contributed by atoms with E-state index in [2.05, 4.69) is 26.1 Å². The number of carbonyl (C=O) groups excluding carboxylic acids is 1. The van der Waals surface area contributed by atoms with Crippen molar-refractivity contribution < 1.29 is 9.53 Å². The molecule has 1 fully saturated rings.